The van der Waals surface area contributed by atoms with Crippen molar-refractivity contribution in [2.24, 2.45) is 0 Å². The van der Waals surface area contributed by atoms with Crippen molar-refractivity contribution in [3.05, 3.63) is 34.1 Å². The summed E-state index contributed by atoms with van der Waals surface area (Å²) in [5.41, 5.74) is -0.562. The van der Waals surface area contributed by atoms with E-state index in [9.17, 15) is 22.7 Å². The molecular weight excluding hydrogens is 328 g/mol. The zero-order chi connectivity index (χ0) is 14.7. The molecule has 0 aliphatic rings. The van der Waals surface area contributed by atoms with Gasteiger partial charge in [0.2, 0.25) is 0 Å². The van der Waals surface area contributed by atoms with E-state index in [2.05, 4.69) is 15.9 Å². The second-order valence-corrected chi connectivity index (χ2v) is 5.75. The molecule has 0 amide bonds. The van der Waals surface area contributed by atoms with Crippen LogP contribution in [0.1, 0.15) is 31.7 Å². The second kappa shape index (κ2) is 6.22. The number of aliphatic hydroxyl groups is 1. The maximum Gasteiger partial charge on any atom is 0.389 e. The van der Waals surface area contributed by atoms with Gasteiger partial charge in [-0.2, -0.15) is 13.2 Å². The summed E-state index contributed by atoms with van der Waals surface area (Å²) < 4.78 is 49.4. The lowest BCUT2D eigenvalue weighted by molar-refractivity contribution is -0.137. The molecule has 6 heteroatoms. The van der Waals surface area contributed by atoms with Crippen LogP contribution >= 0.6 is 15.9 Å². The van der Waals surface area contributed by atoms with Crippen molar-refractivity contribution in [2.75, 3.05) is 0 Å². The maximum absolute atomic E-state index is 13.0. The molecule has 0 saturated heterocycles. The number of halogens is 5. The Bertz CT molecular complexity index is 429. The SMILES string of the molecule is CC(O)(CCCC(F)(F)F)Cc1ccc(F)c(Br)c1. The third-order valence-corrected chi connectivity index (χ3v) is 3.35. The Morgan fingerprint density at radius 1 is 1.21 bits per heavy atom. The fourth-order valence-corrected chi connectivity index (χ4v) is 2.27. The standard InChI is InChI=1S/C13H15BrF4O/c1-12(19,5-2-6-13(16,17)18)8-9-3-4-11(15)10(14)7-9/h3-4,7,19H,2,5-6,8H2,1H3. The molecule has 0 aliphatic carbocycles. The van der Waals surface area contributed by atoms with Crippen molar-refractivity contribution >= 4 is 15.9 Å². The topological polar surface area (TPSA) is 20.2 Å². The van der Waals surface area contributed by atoms with Crippen molar-refractivity contribution in [1.29, 1.82) is 0 Å². The maximum atomic E-state index is 13.0. The monoisotopic (exact) mass is 342 g/mol. The smallest absolute Gasteiger partial charge is 0.389 e. The molecule has 1 N–H and O–H groups in total. The molecular formula is C13H15BrF4O. The van der Waals surface area contributed by atoms with Gasteiger partial charge in [-0.3, -0.25) is 0 Å². The minimum atomic E-state index is -4.20. The number of benzene rings is 1. The summed E-state index contributed by atoms with van der Waals surface area (Å²) in [6.45, 7) is 1.49. The average Bonchev–Trinajstić information content (AvgIpc) is 2.20. The van der Waals surface area contributed by atoms with Gasteiger partial charge in [0, 0.05) is 12.8 Å². The minimum Gasteiger partial charge on any atom is -0.390 e. The highest BCUT2D eigenvalue weighted by molar-refractivity contribution is 9.10. The van der Waals surface area contributed by atoms with E-state index in [-0.39, 0.29) is 23.7 Å². The van der Waals surface area contributed by atoms with Crippen molar-refractivity contribution in [3.63, 3.8) is 0 Å². The lowest BCUT2D eigenvalue weighted by atomic mass is 9.91. The fraction of sp³-hybridized carbons (Fsp3) is 0.538. The molecule has 0 aromatic heterocycles. The molecule has 19 heavy (non-hydrogen) atoms. The van der Waals surface area contributed by atoms with Crippen LogP contribution in [-0.4, -0.2) is 16.9 Å². The number of hydrogen-bond acceptors (Lipinski definition) is 1. The van der Waals surface area contributed by atoms with Crippen LogP contribution in [0.5, 0.6) is 0 Å². The van der Waals surface area contributed by atoms with E-state index in [1.807, 2.05) is 0 Å². The molecule has 1 rings (SSSR count). The van der Waals surface area contributed by atoms with Crippen LogP contribution < -0.4 is 0 Å². The first-order valence-corrected chi connectivity index (χ1v) is 6.61. The molecule has 0 aliphatic heterocycles. The fourth-order valence-electron chi connectivity index (χ4n) is 1.85. The summed E-state index contributed by atoms with van der Waals surface area (Å²) in [7, 11) is 0. The summed E-state index contributed by atoms with van der Waals surface area (Å²) in [6.07, 6.45) is -5.00. The minimum absolute atomic E-state index is 0.0432. The van der Waals surface area contributed by atoms with Crippen LogP contribution in [0.3, 0.4) is 0 Å². The van der Waals surface area contributed by atoms with Gasteiger partial charge in [0.05, 0.1) is 10.1 Å². The van der Waals surface area contributed by atoms with Gasteiger partial charge in [-0.05, 0) is 53.4 Å². The first-order valence-electron chi connectivity index (χ1n) is 5.82. The molecule has 0 radical (unpaired) electrons. The zero-order valence-corrected chi connectivity index (χ0v) is 12.0. The van der Waals surface area contributed by atoms with E-state index < -0.39 is 24.0 Å². The Morgan fingerprint density at radius 3 is 2.37 bits per heavy atom. The lowest BCUT2D eigenvalue weighted by Gasteiger charge is -2.23. The molecule has 1 aromatic rings. The quantitative estimate of drug-likeness (QED) is 0.774. The van der Waals surface area contributed by atoms with Gasteiger partial charge in [-0.15, -0.1) is 0 Å². The molecule has 0 spiro atoms. The second-order valence-electron chi connectivity index (χ2n) is 4.89. The zero-order valence-electron chi connectivity index (χ0n) is 10.4. The van der Waals surface area contributed by atoms with Gasteiger partial charge in [0.1, 0.15) is 5.82 Å². The molecule has 1 aromatic carbocycles. The van der Waals surface area contributed by atoms with Crippen molar-refractivity contribution in [1.82, 2.24) is 0 Å². The molecule has 1 nitrogen and oxygen atoms in total. The van der Waals surface area contributed by atoms with Crippen LogP contribution in [0.15, 0.2) is 22.7 Å². The average molecular weight is 343 g/mol. The van der Waals surface area contributed by atoms with Gasteiger partial charge in [0.25, 0.3) is 0 Å². The summed E-state index contributed by atoms with van der Waals surface area (Å²) in [6, 6.07) is 4.29. The molecule has 0 saturated carbocycles. The number of alkyl halides is 3. The Balaban J connectivity index is 2.56. The van der Waals surface area contributed by atoms with Crippen LogP contribution in [0.25, 0.3) is 0 Å². The third-order valence-electron chi connectivity index (χ3n) is 2.74. The normalized spacial score (nSPS) is 15.3. The van der Waals surface area contributed by atoms with Gasteiger partial charge in [-0.1, -0.05) is 6.07 Å². The first kappa shape index (κ1) is 16.4. The van der Waals surface area contributed by atoms with E-state index in [0.717, 1.165) is 0 Å². The predicted molar refractivity (Wildman–Crippen MR) is 68.3 cm³/mol. The summed E-state index contributed by atoms with van der Waals surface area (Å²) in [5.74, 6) is -0.416. The van der Waals surface area contributed by atoms with E-state index in [0.29, 0.717) is 5.56 Å². The van der Waals surface area contributed by atoms with Crippen LogP contribution in [0.2, 0.25) is 0 Å². The Hall–Kier alpha value is -0.620. The van der Waals surface area contributed by atoms with E-state index in [1.54, 1.807) is 0 Å². The van der Waals surface area contributed by atoms with E-state index in [4.69, 9.17) is 0 Å². The van der Waals surface area contributed by atoms with E-state index >= 15 is 0 Å². The number of rotatable bonds is 5. The van der Waals surface area contributed by atoms with Crippen LogP contribution in [0, 0.1) is 5.82 Å². The highest BCUT2D eigenvalue weighted by Crippen LogP contribution is 2.27. The molecule has 1 unspecified atom stereocenters. The van der Waals surface area contributed by atoms with Crippen molar-refractivity contribution in [2.45, 2.75) is 44.4 Å². The Labute approximate surface area is 117 Å². The molecule has 0 fully saturated rings. The molecule has 0 heterocycles. The highest BCUT2D eigenvalue weighted by atomic mass is 79.9. The third kappa shape index (κ3) is 6.38. The number of hydrogen-bond donors (Lipinski definition) is 1. The van der Waals surface area contributed by atoms with Crippen molar-refractivity contribution in [3.8, 4) is 0 Å². The summed E-state index contributed by atoms with van der Waals surface area (Å²) >= 11 is 3.03. The first-order chi connectivity index (χ1) is 8.59. The van der Waals surface area contributed by atoms with Gasteiger partial charge >= 0.3 is 6.18 Å². The van der Waals surface area contributed by atoms with Gasteiger partial charge in [-0.25, -0.2) is 4.39 Å². The van der Waals surface area contributed by atoms with Gasteiger partial charge < -0.3 is 5.11 Å². The molecule has 0 bridgehead atoms. The van der Waals surface area contributed by atoms with Crippen molar-refractivity contribution < 1.29 is 22.7 Å². The Morgan fingerprint density at radius 2 is 1.84 bits per heavy atom. The lowest BCUT2D eigenvalue weighted by Crippen LogP contribution is -2.27. The Kier molecular flexibility index (Phi) is 5.38. The largest absolute Gasteiger partial charge is 0.390 e. The van der Waals surface area contributed by atoms with Crippen LogP contribution in [-0.2, 0) is 6.42 Å². The van der Waals surface area contributed by atoms with Gasteiger partial charge in [0.15, 0.2) is 0 Å². The van der Waals surface area contributed by atoms with E-state index in [1.165, 1.54) is 25.1 Å². The predicted octanol–water partition coefficient (Wildman–Crippen LogP) is 4.61. The summed E-state index contributed by atoms with van der Waals surface area (Å²) in [4.78, 5) is 0. The molecule has 108 valence electrons. The molecule has 1 atom stereocenters. The summed E-state index contributed by atoms with van der Waals surface area (Å²) in [5, 5.41) is 10.0. The highest BCUT2D eigenvalue weighted by Gasteiger charge is 2.29. The van der Waals surface area contributed by atoms with Crippen LogP contribution in [0.4, 0.5) is 17.6 Å².